The normalized spacial score (nSPS) is 28.7. The van der Waals surface area contributed by atoms with E-state index in [1.807, 2.05) is 13.8 Å². The van der Waals surface area contributed by atoms with Crippen molar-refractivity contribution >= 4 is 11.8 Å². The van der Waals surface area contributed by atoms with Gasteiger partial charge in [0.2, 0.25) is 11.8 Å². The van der Waals surface area contributed by atoms with Gasteiger partial charge in [0.15, 0.2) is 0 Å². The van der Waals surface area contributed by atoms with E-state index in [2.05, 4.69) is 19.2 Å². The van der Waals surface area contributed by atoms with Crippen molar-refractivity contribution in [2.75, 3.05) is 13.1 Å². The Hall–Kier alpha value is -0.900. The minimum Gasteiger partial charge on any atom is -0.314 e. The van der Waals surface area contributed by atoms with Crippen LogP contribution in [0.3, 0.4) is 0 Å². The fraction of sp³-hybridized carbons (Fsp3) is 0.875. The molecule has 0 aromatic heterocycles. The summed E-state index contributed by atoms with van der Waals surface area (Å²) < 4.78 is 0. The Labute approximate surface area is 122 Å². The lowest BCUT2D eigenvalue weighted by molar-refractivity contribution is -0.143. The van der Waals surface area contributed by atoms with Crippen LogP contribution in [-0.2, 0) is 9.59 Å². The third-order valence-corrected chi connectivity index (χ3v) is 5.00. The van der Waals surface area contributed by atoms with Gasteiger partial charge in [-0.1, -0.05) is 27.7 Å². The summed E-state index contributed by atoms with van der Waals surface area (Å²) in [4.78, 5) is 25.9. The maximum absolute atomic E-state index is 12.2. The molecule has 0 bridgehead atoms. The number of rotatable bonds is 8. The molecule has 4 heteroatoms. The lowest BCUT2D eigenvalue weighted by atomic mass is 10.0. The average Bonchev–Trinajstić information content (AvgIpc) is 2.88. The highest BCUT2D eigenvalue weighted by Crippen LogP contribution is 2.63. The smallest absolute Gasteiger partial charge is 0.233 e. The predicted octanol–water partition coefficient (Wildman–Crippen LogP) is 2.19. The minimum atomic E-state index is -0.0840. The van der Waals surface area contributed by atoms with Crippen LogP contribution in [0, 0.1) is 17.3 Å². The van der Waals surface area contributed by atoms with Crippen molar-refractivity contribution in [2.45, 2.75) is 59.4 Å². The van der Waals surface area contributed by atoms with E-state index in [9.17, 15) is 9.59 Å². The van der Waals surface area contributed by atoms with Crippen LogP contribution < -0.4 is 5.32 Å². The average molecular weight is 280 g/mol. The van der Waals surface area contributed by atoms with E-state index >= 15 is 0 Å². The van der Waals surface area contributed by atoms with Gasteiger partial charge in [0.25, 0.3) is 0 Å². The molecule has 0 radical (unpaired) electrons. The van der Waals surface area contributed by atoms with Gasteiger partial charge in [0.05, 0.1) is 11.8 Å². The number of hydrogen-bond donors (Lipinski definition) is 1. The van der Waals surface area contributed by atoms with Crippen LogP contribution in [0.1, 0.15) is 53.4 Å². The van der Waals surface area contributed by atoms with E-state index in [0.717, 1.165) is 32.2 Å². The van der Waals surface area contributed by atoms with E-state index in [4.69, 9.17) is 0 Å². The van der Waals surface area contributed by atoms with E-state index in [0.29, 0.717) is 12.6 Å². The fourth-order valence-corrected chi connectivity index (χ4v) is 3.52. The number of likely N-dealkylation sites (tertiary alicyclic amines) is 1. The van der Waals surface area contributed by atoms with Gasteiger partial charge in [-0.3, -0.25) is 14.5 Å². The summed E-state index contributed by atoms with van der Waals surface area (Å²) in [5.74, 6) is 0.0736. The molecule has 2 rings (SSSR count). The first-order valence-electron chi connectivity index (χ1n) is 8.03. The molecular weight excluding hydrogens is 252 g/mol. The van der Waals surface area contributed by atoms with Gasteiger partial charge < -0.3 is 5.32 Å². The molecule has 0 spiro atoms. The maximum atomic E-state index is 12.2. The van der Waals surface area contributed by atoms with Gasteiger partial charge in [-0.05, 0) is 37.6 Å². The number of nitrogens with one attached hydrogen (secondary N) is 1. The zero-order valence-electron chi connectivity index (χ0n) is 13.2. The summed E-state index contributed by atoms with van der Waals surface area (Å²) >= 11 is 0. The van der Waals surface area contributed by atoms with Crippen molar-refractivity contribution in [2.24, 2.45) is 17.3 Å². The van der Waals surface area contributed by atoms with E-state index in [1.54, 1.807) is 0 Å². The molecule has 0 aromatic rings. The zero-order valence-corrected chi connectivity index (χ0v) is 13.2. The van der Waals surface area contributed by atoms with Crippen molar-refractivity contribution in [3.05, 3.63) is 0 Å². The van der Waals surface area contributed by atoms with E-state index in [1.165, 1.54) is 4.90 Å². The molecule has 0 aromatic carbocycles. The second-order valence-electron chi connectivity index (χ2n) is 6.81. The maximum Gasteiger partial charge on any atom is 0.233 e. The van der Waals surface area contributed by atoms with Gasteiger partial charge in [0, 0.05) is 12.6 Å². The topological polar surface area (TPSA) is 49.4 Å². The molecule has 4 nitrogen and oxygen atoms in total. The van der Waals surface area contributed by atoms with Crippen LogP contribution in [0.4, 0.5) is 0 Å². The lowest BCUT2D eigenvalue weighted by Gasteiger charge is -2.22. The Morgan fingerprint density at radius 3 is 2.30 bits per heavy atom. The van der Waals surface area contributed by atoms with Gasteiger partial charge in [-0.2, -0.15) is 0 Å². The summed E-state index contributed by atoms with van der Waals surface area (Å²) in [5.41, 5.74) is -0.0840. The van der Waals surface area contributed by atoms with Crippen molar-refractivity contribution < 1.29 is 9.59 Å². The highest BCUT2D eigenvalue weighted by molar-refractivity contribution is 6.10. The monoisotopic (exact) mass is 280 g/mol. The number of nitrogens with zero attached hydrogens (tertiary/aromatic N) is 1. The number of carbonyl (C=O) groups excluding carboxylic acids is 2. The second-order valence-corrected chi connectivity index (χ2v) is 6.81. The molecule has 3 atom stereocenters. The van der Waals surface area contributed by atoms with Crippen LogP contribution in [-0.4, -0.2) is 35.8 Å². The molecule has 2 amide bonds. The number of amides is 2. The number of imide groups is 1. The molecule has 1 saturated heterocycles. The first-order chi connectivity index (χ1) is 9.45. The molecule has 114 valence electrons. The summed E-state index contributed by atoms with van der Waals surface area (Å²) in [6.45, 7) is 10.0. The first kappa shape index (κ1) is 15.5. The fourth-order valence-electron chi connectivity index (χ4n) is 3.52. The number of carbonyl (C=O) groups is 2. The van der Waals surface area contributed by atoms with Crippen molar-refractivity contribution in [1.29, 1.82) is 0 Å². The summed E-state index contributed by atoms with van der Waals surface area (Å²) in [6, 6.07) is 0.508. The highest BCUT2D eigenvalue weighted by atomic mass is 16.2. The van der Waals surface area contributed by atoms with E-state index < -0.39 is 0 Å². The number of piperidine rings is 1. The Bertz CT molecular complexity index is 368. The molecule has 1 saturated carbocycles. The second kappa shape index (κ2) is 5.84. The molecule has 3 unspecified atom stereocenters. The van der Waals surface area contributed by atoms with Crippen LogP contribution in [0.15, 0.2) is 0 Å². The summed E-state index contributed by atoms with van der Waals surface area (Å²) in [6.07, 6.45) is 4.18. The molecular formula is C16H28N2O2. The Morgan fingerprint density at radius 1 is 1.20 bits per heavy atom. The molecule has 1 heterocycles. The Balaban J connectivity index is 1.76. The van der Waals surface area contributed by atoms with Gasteiger partial charge in [-0.25, -0.2) is 0 Å². The number of fused-ring (bicyclic) bond motifs is 1. The van der Waals surface area contributed by atoms with Gasteiger partial charge in [-0.15, -0.1) is 0 Å². The van der Waals surface area contributed by atoms with Crippen LogP contribution in [0.2, 0.25) is 0 Å². The quantitative estimate of drug-likeness (QED) is 0.693. The SMILES string of the molecule is CCCNC(CC)CCCN1C(=O)C2C(C1=O)C2(C)C. The molecule has 1 aliphatic carbocycles. The summed E-state index contributed by atoms with van der Waals surface area (Å²) in [7, 11) is 0. The number of hydrogen-bond acceptors (Lipinski definition) is 3. The predicted molar refractivity (Wildman–Crippen MR) is 79.1 cm³/mol. The Kier molecular flexibility index (Phi) is 4.52. The highest BCUT2D eigenvalue weighted by Gasteiger charge is 2.72. The minimum absolute atomic E-state index is 0.0322. The van der Waals surface area contributed by atoms with Crippen molar-refractivity contribution in [1.82, 2.24) is 10.2 Å². The van der Waals surface area contributed by atoms with Crippen molar-refractivity contribution in [3.63, 3.8) is 0 Å². The molecule has 2 aliphatic rings. The zero-order chi connectivity index (χ0) is 14.9. The van der Waals surface area contributed by atoms with Crippen molar-refractivity contribution in [3.8, 4) is 0 Å². The van der Waals surface area contributed by atoms with Crippen LogP contribution >= 0.6 is 0 Å². The molecule has 1 aliphatic heterocycles. The third kappa shape index (κ3) is 2.62. The first-order valence-corrected chi connectivity index (χ1v) is 8.03. The lowest BCUT2D eigenvalue weighted by Crippen LogP contribution is -2.38. The standard InChI is InChI=1S/C16H28N2O2/c1-5-9-17-11(6-2)8-7-10-18-14(19)12-13(15(18)20)16(12,3)4/h11-13,17H,5-10H2,1-4H3. The van der Waals surface area contributed by atoms with Gasteiger partial charge >= 0.3 is 0 Å². The summed E-state index contributed by atoms with van der Waals surface area (Å²) in [5, 5.41) is 3.51. The molecule has 20 heavy (non-hydrogen) atoms. The van der Waals surface area contributed by atoms with E-state index in [-0.39, 0.29) is 29.1 Å². The van der Waals surface area contributed by atoms with Crippen LogP contribution in [0.25, 0.3) is 0 Å². The molecule has 1 N–H and O–H groups in total. The Morgan fingerprint density at radius 2 is 1.80 bits per heavy atom. The largest absolute Gasteiger partial charge is 0.314 e. The van der Waals surface area contributed by atoms with Gasteiger partial charge in [0.1, 0.15) is 0 Å². The third-order valence-electron chi connectivity index (χ3n) is 5.00. The van der Waals surface area contributed by atoms with Crippen LogP contribution in [0.5, 0.6) is 0 Å². The molecule has 2 fully saturated rings.